The van der Waals surface area contributed by atoms with Gasteiger partial charge < -0.3 is 5.11 Å². The molecule has 0 amide bonds. The molecule has 2 aromatic rings. The highest BCUT2D eigenvalue weighted by molar-refractivity contribution is 5.78. The lowest BCUT2D eigenvalue weighted by atomic mass is 9.44. The predicted octanol–water partition coefficient (Wildman–Crippen LogP) is 6.05. The lowest BCUT2D eigenvalue weighted by Crippen LogP contribution is -2.53. The number of nitrogens with one attached hydrogen (secondary N) is 1. The van der Waals surface area contributed by atoms with Crippen LogP contribution < -0.4 is 0 Å². The Morgan fingerprint density at radius 2 is 1.79 bits per heavy atom. The first-order valence-electron chi connectivity index (χ1n) is 12.1. The molecule has 1 aromatic carbocycles. The lowest BCUT2D eigenvalue weighted by Gasteiger charge is -2.61. The third-order valence-electron chi connectivity index (χ3n) is 10.5. The number of hydrogen-bond donors (Lipinski definition) is 2. The highest BCUT2D eigenvalue weighted by Crippen LogP contribution is 2.69. The van der Waals surface area contributed by atoms with Crippen molar-refractivity contribution in [3.05, 3.63) is 30.0 Å². The summed E-state index contributed by atoms with van der Waals surface area (Å²) in [5.74, 6) is 4.14. The van der Waals surface area contributed by atoms with Gasteiger partial charge >= 0.3 is 0 Å². The summed E-state index contributed by atoms with van der Waals surface area (Å²) in [6.07, 6.45) is 13.6. The summed E-state index contributed by atoms with van der Waals surface area (Å²) in [4.78, 5) is 0. The van der Waals surface area contributed by atoms with Gasteiger partial charge in [0.05, 0.1) is 17.8 Å². The fraction of sp³-hybridized carbons (Fsp3) is 0.731. The second-order valence-corrected chi connectivity index (χ2v) is 11.5. The first-order valence-corrected chi connectivity index (χ1v) is 12.1. The van der Waals surface area contributed by atoms with Gasteiger partial charge in [-0.1, -0.05) is 26.0 Å². The number of aliphatic hydroxyl groups is 1. The van der Waals surface area contributed by atoms with Crippen LogP contribution in [0.25, 0.3) is 10.9 Å². The first kappa shape index (κ1) is 18.4. The highest BCUT2D eigenvalue weighted by atomic mass is 16.3. The van der Waals surface area contributed by atoms with Crippen molar-refractivity contribution in [3.63, 3.8) is 0 Å². The molecule has 156 valence electrons. The zero-order chi connectivity index (χ0) is 19.8. The molecule has 6 rings (SSSR count). The fourth-order valence-corrected chi connectivity index (χ4v) is 8.95. The number of nitrogens with zero attached hydrogens (tertiary/aromatic N) is 1. The van der Waals surface area contributed by atoms with Crippen molar-refractivity contribution in [1.29, 1.82) is 0 Å². The Kier molecular flexibility index (Phi) is 4.02. The fourth-order valence-electron chi connectivity index (χ4n) is 8.95. The molecule has 0 spiro atoms. The van der Waals surface area contributed by atoms with Gasteiger partial charge in [-0.25, -0.2) is 0 Å². The molecule has 4 saturated carbocycles. The van der Waals surface area contributed by atoms with E-state index in [2.05, 4.69) is 42.2 Å². The van der Waals surface area contributed by atoms with Gasteiger partial charge in [0.2, 0.25) is 0 Å². The van der Waals surface area contributed by atoms with Crippen molar-refractivity contribution < 1.29 is 5.11 Å². The Bertz CT molecular complexity index is 920. The van der Waals surface area contributed by atoms with E-state index in [-0.39, 0.29) is 6.10 Å². The van der Waals surface area contributed by atoms with Crippen LogP contribution in [0, 0.1) is 34.5 Å². The second kappa shape index (κ2) is 6.33. The number of H-pyrrole nitrogens is 1. The van der Waals surface area contributed by atoms with Crippen LogP contribution in [-0.2, 0) is 0 Å². The van der Waals surface area contributed by atoms with Crippen molar-refractivity contribution in [1.82, 2.24) is 10.2 Å². The smallest absolute Gasteiger partial charge is 0.0653 e. The van der Waals surface area contributed by atoms with Gasteiger partial charge in [-0.3, -0.25) is 5.10 Å². The minimum absolute atomic E-state index is 0.0354. The largest absolute Gasteiger partial charge is 0.393 e. The monoisotopic (exact) mass is 392 g/mol. The average molecular weight is 393 g/mol. The summed E-state index contributed by atoms with van der Waals surface area (Å²) < 4.78 is 0. The molecule has 0 unspecified atom stereocenters. The van der Waals surface area contributed by atoms with Crippen molar-refractivity contribution in [2.75, 3.05) is 0 Å². The SMILES string of the molecule is C[C@]12CC[C@@H](O)C[C@@H]1CC[C@@H]1[C@@H]2CC[C@]2(C)[C@@H](c3ccc4cn[nH]c4c3)CC[C@@H]12. The van der Waals surface area contributed by atoms with Crippen molar-refractivity contribution >= 4 is 10.9 Å². The predicted molar refractivity (Wildman–Crippen MR) is 117 cm³/mol. The quantitative estimate of drug-likeness (QED) is 0.620. The summed E-state index contributed by atoms with van der Waals surface area (Å²) in [6.45, 7) is 5.23. The number of fused-ring (bicyclic) bond motifs is 6. The van der Waals surface area contributed by atoms with Crippen molar-refractivity contribution in [2.24, 2.45) is 34.5 Å². The zero-order valence-corrected chi connectivity index (χ0v) is 18.0. The Balaban J connectivity index is 1.31. The van der Waals surface area contributed by atoms with Crippen LogP contribution in [-0.4, -0.2) is 21.4 Å². The normalized spacial score (nSPS) is 46.9. The minimum Gasteiger partial charge on any atom is -0.393 e. The summed E-state index contributed by atoms with van der Waals surface area (Å²) in [7, 11) is 0. The number of benzene rings is 1. The Hall–Kier alpha value is -1.35. The van der Waals surface area contributed by atoms with Gasteiger partial charge in [0.15, 0.2) is 0 Å². The molecule has 3 heteroatoms. The van der Waals surface area contributed by atoms with E-state index in [0.29, 0.717) is 16.7 Å². The van der Waals surface area contributed by atoms with E-state index in [1.165, 1.54) is 61.4 Å². The summed E-state index contributed by atoms with van der Waals surface area (Å²) in [5, 5.41) is 18.9. The molecule has 4 fully saturated rings. The molecule has 4 aliphatic rings. The summed E-state index contributed by atoms with van der Waals surface area (Å²) in [5.41, 5.74) is 3.66. The maximum absolute atomic E-state index is 10.3. The van der Waals surface area contributed by atoms with Crippen LogP contribution in [0.5, 0.6) is 0 Å². The van der Waals surface area contributed by atoms with Gasteiger partial charge in [-0.05, 0) is 110 Å². The van der Waals surface area contributed by atoms with E-state index < -0.39 is 0 Å². The summed E-state index contributed by atoms with van der Waals surface area (Å²) >= 11 is 0. The van der Waals surface area contributed by atoms with Gasteiger partial charge in [0.25, 0.3) is 0 Å². The zero-order valence-electron chi connectivity index (χ0n) is 18.0. The Morgan fingerprint density at radius 1 is 0.966 bits per heavy atom. The van der Waals surface area contributed by atoms with E-state index >= 15 is 0 Å². The Morgan fingerprint density at radius 3 is 2.69 bits per heavy atom. The van der Waals surface area contributed by atoms with Crippen molar-refractivity contribution in [2.45, 2.75) is 83.7 Å². The van der Waals surface area contributed by atoms with Crippen LogP contribution in [0.2, 0.25) is 0 Å². The van der Waals surface area contributed by atoms with Gasteiger partial charge in [-0.15, -0.1) is 0 Å². The molecule has 0 bridgehead atoms. The molecule has 3 nitrogen and oxygen atoms in total. The van der Waals surface area contributed by atoms with E-state index in [1.807, 2.05) is 6.20 Å². The topological polar surface area (TPSA) is 48.9 Å². The van der Waals surface area contributed by atoms with E-state index in [0.717, 1.165) is 36.5 Å². The van der Waals surface area contributed by atoms with Crippen molar-refractivity contribution in [3.8, 4) is 0 Å². The second-order valence-electron chi connectivity index (χ2n) is 11.5. The number of aromatic nitrogens is 2. The molecule has 29 heavy (non-hydrogen) atoms. The third kappa shape index (κ3) is 2.55. The number of aromatic amines is 1. The maximum atomic E-state index is 10.3. The third-order valence-corrected chi connectivity index (χ3v) is 10.5. The van der Waals surface area contributed by atoms with Gasteiger partial charge in [0.1, 0.15) is 0 Å². The maximum Gasteiger partial charge on any atom is 0.0653 e. The number of hydrogen-bond acceptors (Lipinski definition) is 2. The molecule has 8 atom stereocenters. The molecule has 0 radical (unpaired) electrons. The van der Waals surface area contributed by atoms with Gasteiger partial charge in [0, 0.05) is 5.39 Å². The van der Waals surface area contributed by atoms with Crippen LogP contribution in [0.4, 0.5) is 0 Å². The summed E-state index contributed by atoms with van der Waals surface area (Å²) in [6, 6.07) is 7.02. The molecular formula is C26H36N2O. The lowest BCUT2D eigenvalue weighted by molar-refractivity contribution is -0.122. The molecule has 0 aliphatic heterocycles. The molecule has 1 heterocycles. The standard InChI is InChI=1S/C26H36N2O/c1-25-11-9-19(29)14-18(25)5-6-20-22-8-7-21(26(22,2)12-10-23(20)25)16-3-4-17-15-27-28-24(17)13-16/h3-4,13,15,18-23,29H,5-12,14H2,1-2H3,(H,27,28)/t18-,19+,20-,21+,22-,23-,25-,26+/m0/s1. The van der Waals surface area contributed by atoms with E-state index in [1.54, 1.807) is 0 Å². The number of aliphatic hydroxyl groups excluding tert-OH is 1. The van der Waals surface area contributed by atoms with E-state index in [4.69, 9.17) is 0 Å². The minimum atomic E-state index is -0.0354. The van der Waals surface area contributed by atoms with Gasteiger partial charge in [-0.2, -0.15) is 5.10 Å². The van der Waals surface area contributed by atoms with Crippen LogP contribution in [0.1, 0.15) is 83.1 Å². The first-order chi connectivity index (χ1) is 14.0. The Labute approximate surface area is 174 Å². The van der Waals surface area contributed by atoms with Crippen LogP contribution >= 0.6 is 0 Å². The average Bonchev–Trinajstić information content (AvgIpc) is 3.31. The van der Waals surface area contributed by atoms with E-state index in [9.17, 15) is 5.11 Å². The molecule has 2 N–H and O–H groups in total. The molecular weight excluding hydrogens is 356 g/mol. The van der Waals surface area contributed by atoms with Crippen LogP contribution in [0.15, 0.2) is 24.4 Å². The highest BCUT2D eigenvalue weighted by Gasteiger charge is 2.60. The number of rotatable bonds is 1. The molecule has 1 aromatic heterocycles. The van der Waals surface area contributed by atoms with Crippen LogP contribution in [0.3, 0.4) is 0 Å². The molecule has 0 saturated heterocycles. The molecule has 4 aliphatic carbocycles.